The van der Waals surface area contributed by atoms with Crippen LogP contribution < -0.4 is 4.74 Å². The summed E-state index contributed by atoms with van der Waals surface area (Å²) in [5.74, 6) is 0.674. The van der Waals surface area contributed by atoms with Gasteiger partial charge in [0.15, 0.2) is 0 Å². The lowest BCUT2D eigenvalue weighted by atomic mass is 10.1. The zero-order valence-electron chi connectivity index (χ0n) is 14.8. The zero-order valence-corrected chi connectivity index (χ0v) is 15.6. The third kappa shape index (κ3) is 3.22. The van der Waals surface area contributed by atoms with Gasteiger partial charge >= 0.3 is 0 Å². The predicted octanol–water partition coefficient (Wildman–Crippen LogP) is 2.96. The Bertz CT molecular complexity index is 933. The van der Waals surface area contributed by atoms with E-state index < -0.39 is 0 Å². The molecule has 0 N–H and O–H groups in total. The molecule has 1 aliphatic rings. The Morgan fingerprint density at radius 3 is 3.04 bits per heavy atom. The van der Waals surface area contributed by atoms with E-state index >= 15 is 0 Å². The van der Waals surface area contributed by atoms with Gasteiger partial charge in [-0.3, -0.25) is 9.48 Å². The molecule has 0 radical (unpaired) electrons. The first kappa shape index (κ1) is 16.8. The molecule has 3 aromatic heterocycles. The van der Waals surface area contributed by atoms with Crippen LogP contribution in [0.15, 0.2) is 35.8 Å². The molecule has 6 nitrogen and oxygen atoms in total. The monoisotopic (exact) mass is 368 g/mol. The Balaban J connectivity index is 1.53. The molecule has 4 heterocycles. The van der Waals surface area contributed by atoms with Crippen LogP contribution >= 0.6 is 11.3 Å². The van der Waals surface area contributed by atoms with Crippen LogP contribution in [0.2, 0.25) is 0 Å². The van der Waals surface area contributed by atoms with E-state index in [1.54, 1.807) is 6.20 Å². The molecule has 3 aromatic rings. The molecule has 26 heavy (non-hydrogen) atoms. The molecule has 7 heteroatoms. The number of nitrogens with zero attached hydrogens (tertiary/aromatic N) is 4. The number of aryl methyl sites for hydroxylation is 2. The van der Waals surface area contributed by atoms with E-state index in [4.69, 9.17) is 4.74 Å². The Morgan fingerprint density at radius 1 is 1.38 bits per heavy atom. The van der Waals surface area contributed by atoms with Gasteiger partial charge in [0.25, 0.3) is 5.91 Å². The summed E-state index contributed by atoms with van der Waals surface area (Å²) in [5.41, 5.74) is 4.24. The fourth-order valence-electron chi connectivity index (χ4n) is 3.24. The van der Waals surface area contributed by atoms with E-state index in [2.05, 4.69) is 10.1 Å². The molecule has 0 unspecified atom stereocenters. The van der Waals surface area contributed by atoms with Crippen LogP contribution in [-0.2, 0) is 26.6 Å². The summed E-state index contributed by atoms with van der Waals surface area (Å²) < 4.78 is 7.74. The van der Waals surface area contributed by atoms with Crippen molar-refractivity contribution in [1.29, 1.82) is 0 Å². The lowest BCUT2D eigenvalue weighted by Gasteiger charge is -2.27. The number of rotatable bonds is 4. The normalized spacial score (nSPS) is 13.5. The average molecular weight is 368 g/mol. The Kier molecular flexibility index (Phi) is 4.46. The predicted molar refractivity (Wildman–Crippen MR) is 99.3 cm³/mol. The van der Waals surface area contributed by atoms with E-state index in [1.165, 1.54) is 17.0 Å². The van der Waals surface area contributed by atoms with Crippen molar-refractivity contribution in [3.05, 3.63) is 63.2 Å². The number of carbonyl (C=O) groups is 1. The van der Waals surface area contributed by atoms with Crippen molar-refractivity contribution in [2.24, 2.45) is 7.05 Å². The van der Waals surface area contributed by atoms with Gasteiger partial charge in [0.1, 0.15) is 12.3 Å². The average Bonchev–Trinajstić information content (AvgIpc) is 3.28. The largest absolute Gasteiger partial charge is 0.471 e. The van der Waals surface area contributed by atoms with Crippen LogP contribution in [-0.4, -0.2) is 32.1 Å². The number of aromatic nitrogens is 3. The van der Waals surface area contributed by atoms with Gasteiger partial charge in [-0.2, -0.15) is 5.10 Å². The second-order valence-corrected chi connectivity index (χ2v) is 7.36. The van der Waals surface area contributed by atoms with Crippen LogP contribution in [0.4, 0.5) is 0 Å². The topological polar surface area (TPSA) is 60.3 Å². The molecule has 0 bridgehead atoms. The third-order valence-electron chi connectivity index (χ3n) is 4.59. The molecule has 0 aliphatic carbocycles. The minimum atomic E-state index is 0.0849. The van der Waals surface area contributed by atoms with Crippen molar-refractivity contribution < 1.29 is 9.53 Å². The number of thiophene rings is 1. The molecule has 0 atom stereocenters. The van der Waals surface area contributed by atoms with Crippen molar-refractivity contribution in [2.75, 3.05) is 6.54 Å². The Labute approximate surface area is 156 Å². The van der Waals surface area contributed by atoms with Gasteiger partial charge in [0.05, 0.1) is 4.88 Å². The van der Waals surface area contributed by atoms with Crippen LogP contribution in [0.1, 0.15) is 32.2 Å². The summed E-state index contributed by atoms with van der Waals surface area (Å²) in [7, 11) is 1.95. The highest BCUT2D eigenvalue weighted by molar-refractivity contribution is 7.12. The fourth-order valence-corrected chi connectivity index (χ4v) is 3.94. The molecule has 134 valence electrons. The second-order valence-electron chi connectivity index (χ2n) is 6.41. The molecule has 0 aromatic carbocycles. The maximum absolute atomic E-state index is 12.7. The summed E-state index contributed by atoms with van der Waals surface area (Å²) in [6, 6.07) is 7.62. The molecule has 0 fully saturated rings. The van der Waals surface area contributed by atoms with Gasteiger partial charge in [0, 0.05) is 50.1 Å². The van der Waals surface area contributed by atoms with Crippen LogP contribution in [0.3, 0.4) is 0 Å². The van der Waals surface area contributed by atoms with Crippen LogP contribution in [0.5, 0.6) is 5.88 Å². The van der Waals surface area contributed by atoms with E-state index in [9.17, 15) is 4.79 Å². The quantitative estimate of drug-likeness (QED) is 0.710. The lowest BCUT2D eigenvalue weighted by Crippen LogP contribution is -2.36. The highest BCUT2D eigenvalue weighted by Gasteiger charge is 2.27. The fraction of sp³-hybridized carbons (Fsp3) is 0.316. The van der Waals surface area contributed by atoms with Crippen LogP contribution in [0.25, 0.3) is 0 Å². The highest BCUT2D eigenvalue weighted by atomic mass is 32.1. The Hall–Kier alpha value is -2.67. The number of hydrogen-bond donors (Lipinski definition) is 0. The molecule has 0 saturated carbocycles. The summed E-state index contributed by atoms with van der Waals surface area (Å²) >= 11 is 1.48. The molecule has 0 saturated heterocycles. The van der Waals surface area contributed by atoms with Gasteiger partial charge in [-0.15, -0.1) is 11.3 Å². The van der Waals surface area contributed by atoms with Crippen molar-refractivity contribution in [1.82, 2.24) is 19.7 Å². The number of amides is 1. The summed E-state index contributed by atoms with van der Waals surface area (Å²) in [6.07, 6.45) is 2.54. The van der Waals surface area contributed by atoms with Gasteiger partial charge in [0.2, 0.25) is 5.88 Å². The maximum Gasteiger partial charge on any atom is 0.264 e. The number of fused-ring (bicyclic) bond motifs is 1. The first-order valence-electron chi connectivity index (χ1n) is 8.53. The molecular weight excluding hydrogens is 348 g/mol. The SMILES string of the molecule is Cc1ccnc(OCc2nn(C)c3c2CN(C(=O)c2cccs2)CC3)c1. The summed E-state index contributed by atoms with van der Waals surface area (Å²) in [5, 5.41) is 6.55. The first-order chi connectivity index (χ1) is 12.6. The molecule has 1 amide bonds. The maximum atomic E-state index is 12.7. The lowest BCUT2D eigenvalue weighted by molar-refractivity contribution is 0.0737. The minimum absolute atomic E-state index is 0.0849. The second kappa shape index (κ2) is 6.92. The first-order valence-corrected chi connectivity index (χ1v) is 9.41. The van der Waals surface area contributed by atoms with E-state index in [0.29, 0.717) is 25.6 Å². The highest BCUT2D eigenvalue weighted by Crippen LogP contribution is 2.25. The minimum Gasteiger partial charge on any atom is -0.471 e. The smallest absolute Gasteiger partial charge is 0.264 e. The molecule has 0 spiro atoms. The van der Waals surface area contributed by atoms with E-state index in [-0.39, 0.29) is 5.91 Å². The van der Waals surface area contributed by atoms with Crippen LogP contribution in [0, 0.1) is 6.92 Å². The number of ether oxygens (including phenoxy) is 1. The number of pyridine rings is 1. The van der Waals surface area contributed by atoms with E-state index in [0.717, 1.165) is 28.1 Å². The Morgan fingerprint density at radius 2 is 2.27 bits per heavy atom. The van der Waals surface area contributed by atoms with Gasteiger partial charge in [-0.25, -0.2) is 4.98 Å². The standard InChI is InChI=1S/C19H20N4O2S/c1-13-5-7-20-18(10-13)25-12-15-14-11-23(8-6-16(14)22(2)21-15)19(24)17-4-3-9-26-17/h3-5,7,9-10H,6,8,11-12H2,1-2H3. The van der Waals surface area contributed by atoms with Gasteiger partial charge in [-0.1, -0.05) is 6.07 Å². The van der Waals surface area contributed by atoms with Crippen molar-refractivity contribution in [2.45, 2.75) is 26.5 Å². The molecule has 1 aliphatic heterocycles. The van der Waals surface area contributed by atoms with Gasteiger partial charge in [-0.05, 0) is 30.0 Å². The van der Waals surface area contributed by atoms with Crippen molar-refractivity contribution in [3.8, 4) is 5.88 Å². The van der Waals surface area contributed by atoms with E-state index in [1.807, 2.05) is 53.2 Å². The molecular formula is C19H20N4O2S. The van der Waals surface area contributed by atoms with Crippen molar-refractivity contribution >= 4 is 17.2 Å². The third-order valence-corrected chi connectivity index (χ3v) is 5.45. The number of carbonyl (C=O) groups excluding carboxylic acids is 1. The number of hydrogen-bond acceptors (Lipinski definition) is 5. The summed E-state index contributed by atoms with van der Waals surface area (Å²) in [6.45, 7) is 3.63. The molecule has 4 rings (SSSR count). The van der Waals surface area contributed by atoms with Gasteiger partial charge < -0.3 is 9.64 Å². The summed E-state index contributed by atoms with van der Waals surface area (Å²) in [4.78, 5) is 19.6. The zero-order chi connectivity index (χ0) is 18.1. The van der Waals surface area contributed by atoms with Crippen molar-refractivity contribution in [3.63, 3.8) is 0 Å².